The molecule has 1 aromatic carbocycles. The maximum atomic E-state index is 12.3. The van der Waals surface area contributed by atoms with Crippen molar-refractivity contribution in [2.75, 3.05) is 27.2 Å². The zero-order valence-electron chi connectivity index (χ0n) is 13.0. The van der Waals surface area contributed by atoms with Gasteiger partial charge >= 0.3 is 4.87 Å². The van der Waals surface area contributed by atoms with E-state index in [0.29, 0.717) is 24.3 Å². The Kier molecular flexibility index (Phi) is 5.38. The lowest BCUT2D eigenvalue weighted by atomic mass is 10.3. The Bertz CT molecular complexity index is 806. The normalized spacial score (nSPS) is 12.4. The van der Waals surface area contributed by atoms with Gasteiger partial charge in [0.15, 0.2) is 0 Å². The van der Waals surface area contributed by atoms with E-state index < -0.39 is 10.0 Å². The number of aryl methyl sites for hydroxylation is 1. The highest BCUT2D eigenvalue weighted by Gasteiger charge is 2.16. The molecule has 1 aromatic heterocycles. The van der Waals surface area contributed by atoms with Crippen LogP contribution in [0.1, 0.15) is 13.3 Å². The Morgan fingerprint density at radius 2 is 2.05 bits per heavy atom. The van der Waals surface area contributed by atoms with Crippen LogP contribution in [-0.4, -0.2) is 45.1 Å². The Labute approximate surface area is 134 Å². The number of rotatable bonds is 7. The number of likely N-dealkylation sites (N-methyl/N-ethyl adjacent to an activating group) is 1. The van der Waals surface area contributed by atoms with E-state index >= 15 is 0 Å². The van der Waals surface area contributed by atoms with Crippen molar-refractivity contribution in [3.05, 3.63) is 27.9 Å². The number of thiazole rings is 1. The standard InChI is InChI=1S/C14H21N3O3S2/c1-4-8-17-12-6-5-11(10-13(12)21-14(17)18)22(19,20)15-7-9-16(2)3/h5-6,10,15H,4,7-9H2,1-3H3. The van der Waals surface area contributed by atoms with Crippen LogP contribution in [0, 0.1) is 0 Å². The van der Waals surface area contributed by atoms with Gasteiger partial charge in [-0.2, -0.15) is 0 Å². The fourth-order valence-electron chi connectivity index (χ4n) is 2.14. The molecule has 0 saturated heterocycles. The molecule has 0 unspecified atom stereocenters. The van der Waals surface area contributed by atoms with Crippen molar-refractivity contribution in [2.45, 2.75) is 24.8 Å². The highest BCUT2D eigenvalue weighted by molar-refractivity contribution is 7.89. The Balaban J connectivity index is 2.31. The lowest BCUT2D eigenvalue weighted by Gasteiger charge is -2.11. The molecule has 1 N–H and O–H groups in total. The van der Waals surface area contributed by atoms with Gasteiger partial charge in [0.2, 0.25) is 10.0 Å². The third kappa shape index (κ3) is 3.75. The summed E-state index contributed by atoms with van der Waals surface area (Å²) < 4.78 is 29.5. The van der Waals surface area contributed by atoms with Gasteiger partial charge in [-0.3, -0.25) is 9.36 Å². The summed E-state index contributed by atoms with van der Waals surface area (Å²) in [5.41, 5.74) is 0.795. The van der Waals surface area contributed by atoms with Crippen molar-refractivity contribution in [2.24, 2.45) is 0 Å². The van der Waals surface area contributed by atoms with Gasteiger partial charge in [0, 0.05) is 19.6 Å². The number of nitrogens with one attached hydrogen (secondary N) is 1. The third-order valence-corrected chi connectivity index (χ3v) is 5.65. The molecule has 6 nitrogen and oxygen atoms in total. The maximum Gasteiger partial charge on any atom is 0.308 e. The minimum absolute atomic E-state index is 0.0491. The monoisotopic (exact) mass is 343 g/mol. The maximum absolute atomic E-state index is 12.3. The summed E-state index contributed by atoms with van der Waals surface area (Å²) in [4.78, 5) is 14.0. The van der Waals surface area contributed by atoms with Gasteiger partial charge < -0.3 is 4.90 Å². The summed E-state index contributed by atoms with van der Waals surface area (Å²) in [5, 5.41) is 0. The van der Waals surface area contributed by atoms with Gasteiger partial charge in [0.25, 0.3) is 0 Å². The van der Waals surface area contributed by atoms with E-state index in [1.807, 2.05) is 25.9 Å². The van der Waals surface area contributed by atoms with Gasteiger partial charge in [-0.05, 0) is 38.7 Å². The van der Waals surface area contributed by atoms with E-state index in [0.717, 1.165) is 23.3 Å². The van der Waals surface area contributed by atoms with Crippen LogP contribution in [0.3, 0.4) is 0 Å². The van der Waals surface area contributed by atoms with Crippen LogP contribution in [0.4, 0.5) is 0 Å². The summed E-state index contributed by atoms with van der Waals surface area (Å²) in [6.07, 6.45) is 0.859. The highest BCUT2D eigenvalue weighted by atomic mass is 32.2. The predicted octanol–water partition coefficient (Wildman–Crippen LogP) is 1.31. The van der Waals surface area contributed by atoms with Crippen LogP contribution in [0.5, 0.6) is 0 Å². The van der Waals surface area contributed by atoms with E-state index in [9.17, 15) is 13.2 Å². The molecule has 2 rings (SSSR count). The number of nitrogens with zero attached hydrogens (tertiary/aromatic N) is 2. The molecular weight excluding hydrogens is 322 g/mol. The first-order chi connectivity index (χ1) is 10.3. The molecule has 122 valence electrons. The topological polar surface area (TPSA) is 71.4 Å². The third-order valence-electron chi connectivity index (χ3n) is 3.25. The number of benzene rings is 1. The summed E-state index contributed by atoms with van der Waals surface area (Å²) in [6, 6.07) is 4.84. The summed E-state index contributed by atoms with van der Waals surface area (Å²) in [5.74, 6) is 0. The number of hydrogen-bond acceptors (Lipinski definition) is 5. The van der Waals surface area contributed by atoms with Gasteiger partial charge in [0.05, 0.1) is 15.1 Å². The lowest BCUT2D eigenvalue weighted by molar-refractivity contribution is 0.412. The number of sulfonamides is 1. The molecule has 0 spiro atoms. The number of fused-ring (bicyclic) bond motifs is 1. The van der Waals surface area contributed by atoms with Crippen molar-refractivity contribution < 1.29 is 8.42 Å². The molecule has 0 aliphatic heterocycles. The average molecular weight is 343 g/mol. The van der Waals surface area contributed by atoms with Crippen LogP contribution in [0.15, 0.2) is 27.9 Å². The van der Waals surface area contributed by atoms with Crippen molar-refractivity contribution in [1.82, 2.24) is 14.2 Å². The quantitative estimate of drug-likeness (QED) is 0.823. The molecule has 0 aliphatic carbocycles. The molecule has 0 radical (unpaired) electrons. The average Bonchev–Trinajstić information content (AvgIpc) is 2.74. The summed E-state index contributed by atoms with van der Waals surface area (Å²) >= 11 is 1.08. The van der Waals surface area contributed by atoms with E-state index in [4.69, 9.17) is 0 Å². The number of aromatic nitrogens is 1. The van der Waals surface area contributed by atoms with E-state index in [1.165, 1.54) is 0 Å². The molecule has 0 bridgehead atoms. The van der Waals surface area contributed by atoms with Crippen molar-refractivity contribution in [1.29, 1.82) is 0 Å². The molecule has 8 heteroatoms. The Morgan fingerprint density at radius 3 is 2.68 bits per heavy atom. The molecule has 0 fully saturated rings. The second-order valence-electron chi connectivity index (χ2n) is 5.35. The van der Waals surface area contributed by atoms with Gasteiger partial charge in [-0.1, -0.05) is 18.3 Å². The second kappa shape index (κ2) is 6.91. The van der Waals surface area contributed by atoms with Gasteiger partial charge in [-0.15, -0.1) is 0 Å². The van der Waals surface area contributed by atoms with Gasteiger partial charge in [-0.25, -0.2) is 13.1 Å². The van der Waals surface area contributed by atoms with Crippen LogP contribution in [-0.2, 0) is 16.6 Å². The zero-order valence-corrected chi connectivity index (χ0v) is 14.6. The second-order valence-corrected chi connectivity index (χ2v) is 8.11. The molecule has 22 heavy (non-hydrogen) atoms. The molecule has 2 aromatic rings. The molecule has 0 amide bonds. The van der Waals surface area contributed by atoms with Crippen LogP contribution in [0.25, 0.3) is 10.2 Å². The van der Waals surface area contributed by atoms with E-state index in [1.54, 1.807) is 22.8 Å². The Morgan fingerprint density at radius 1 is 1.32 bits per heavy atom. The zero-order chi connectivity index (χ0) is 16.3. The van der Waals surface area contributed by atoms with Crippen molar-refractivity contribution in [3.8, 4) is 0 Å². The minimum Gasteiger partial charge on any atom is -0.308 e. The van der Waals surface area contributed by atoms with Crippen LogP contribution in [0.2, 0.25) is 0 Å². The smallest absolute Gasteiger partial charge is 0.308 e. The van der Waals surface area contributed by atoms with Crippen molar-refractivity contribution in [3.63, 3.8) is 0 Å². The number of hydrogen-bond donors (Lipinski definition) is 1. The first kappa shape index (κ1) is 17.1. The predicted molar refractivity (Wildman–Crippen MR) is 90.1 cm³/mol. The first-order valence-electron chi connectivity index (χ1n) is 7.13. The largest absolute Gasteiger partial charge is 0.308 e. The minimum atomic E-state index is -3.54. The van der Waals surface area contributed by atoms with Gasteiger partial charge in [0.1, 0.15) is 0 Å². The fraction of sp³-hybridized carbons (Fsp3) is 0.500. The highest BCUT2D eigenvalue weighted by Crippen LogP contribution is 2.21. The fourth-order valence-corrected chi connectivity index (χ4v) is 4.21. The molecule has 0 aliphatic rings. The SMILES string of the molecule is CCCn1c(=O)sc2cc(S(=O)(=O)NCCN(C)C)ccc21. The van der Waals surface area contributed by atoms with E-state index in [2.05, 4.69) is 4.72 Å². The molecule has 0 atom stereocenters. The molecular formula is C14H21N3O3S2. The van der Waals surface area contributed by atoms with Crippen LogP contribution < -0.4 is 9.60 Å². The summed E-state index contributed by atoms with van der Waals surface area (Å²) in [6.45, 7) is 3.62. The first-order valence-corrected chi connectivity index (χ1v) is 9.43. The summed E-state index contributed by atoms with van der Waals surface area (Å²) in [7, 11) is 0.222. The van der Waals surface area contributed by atoms with E-state index in [-0.39, 0.29) is 9.77 Å². The Hall–Kier alpha value is -1.22. The molecule has 0 saturated carbocycles. The van der Waals surface area contributed by atoms with Crippen molar-refractivity contribution >= 4 is 31.6 Å². The lowest BCUT2D eigenvalue weighted by Crippen LogP contribution is -2.31. The molecule has 1 heterocycles. The van der Waals surface area contributed by atoms with Crippen LogP contribution >= 0.6 is 11.3 Å².